The third-order valence-electron chi connectivity index (χ3n) is 4.03. The van der Waals surface area contributed by atoms with Crippen molar-refractivity contribution in [3.05, 3.63) is 64.7 Å². The molecule has 6 nitrogen and oxygen atoms in total. The highest BCUT2D eigenvalue weighted by molar-refractivity contribution is 6.33. The summed E-state index contributed by atoms with van der Waals surface area (Å²) >= 11 is 5.90. The van der Waals surface area contributed by atoms with E-state index >= 15 is 0 Å². The minimum Gasteiger partial charge on any atom is -0.463 e. The van der Waals surface area contributed by atoms with Crippen LogP contribution in [0.4, 0.5) is 18.9 Å². The Morgan fingerprint density at radius 2 is 1.73 bits per heavy atom. The van der Waals surface area contributed by atoms with E-state index in [9.17, 15) is 27.6 Å². The second kappa shape index (κ2) is 9.17. The van der Waals surface area contributed by atoms with Crippen LogP contribution < -0.4 is 10.6 Å². The fourth-order valence-corrected chi connectivity index (χ4v) is 2.77. The molecule has 0 saturated carbocycles. The molecule has 0 heterocycles. The first kappa shape index (κ1) is 23.2. The average Bonchev–Trinajstić information content (AvgIpc) is 2.67. The van der Waals surface area contributed by atoms with Crippen LogP contribution in [0.2, 0.25) is 5.02 Å². The van der Waals surface area contributed by atoms with Gasteiger partial charge in [-0.15, -0.1) is 0 Å². The van der Waals surface area contributed by atoms with Gasteiger partial charge in [-0.25, -0.2) is 4.79 Å². The van der Waals surface area contributed by atoms with Crippen LogP contribution in [-0.2, 0) is 9.53 Å². The smallest absolute Gasteiger partial charge is 0.441 e. The topological polar surface area (TPSA) is 84.5 Å². The number of rotatable bonds is 7. The van der Waals surface area contributed by atoms with Crippen molar-refractivity contribution in [1.82, 2.24) is 5.32 Å². The zero-order chi connectivity index (χ0) is 22.5. The van der Waals surface area contributed by atoms with Gasteiger partial charge in [0.25, 0.3) is 5.91 Å². The highest BCUT2D eigenvalue weighted by Gasteiger charge is 2.63. The van der Waals surface area contributed by atoms with Gasteiger partial charge < -0.3 is 15.4 Å². The van der Waals surface area contributed by atoms with Gasteiger partial charge in [-0.1, -0.05) is 35.9 Å². The Labute approximate surface area is 175 Å². The highest BCUT2D eigenvalue weighted by atomic mass is 35.5. The number of amides is 1. The number of carbonyl (C=O) groups excluding carboxylic acids is 3. The molecule has 2 rings (SSSR count). The Morgan fingerprint density at radius 3 is 2.30 bits per heavy atom. The van der Waals surface area contributed by atoms with Crippen molar-refractivity contribution < 1.29 is 32.3 Å². The van der Waals surface area contributed by atoms with Gasteiger partial charge in [-0.3, -0.25) is 9.59 Å². The molecule has 2 N–H and O–H groups in total. The molecule has 1 atom stereocenters. The van der Waals surface area contributed by atoms with Crippen LogP contribution in [0.15, 0.2) is 48.5 Å². The summed E-state index contributed by atoms with van der Waals surface area (Å²) in [5, 5.41) is 3.59. The molecule has 30 heavy (non-hydrogen) atoms. The number of nitrogens with one attached hydrogen (secondary N) is 2. The van der Waals surface area contributed by atoms with Gasteiger partial charge in [0, 0.05) is 11.3 Å². The molecule has 2 aromatic carbocycles. The lowest BCUT2D eigenvalue weighted by molar-refractivity contribution is -0.204. The van der Waals surface area contributed by atoms with Crippen LogP contribution in [0.25, 0.3) is 0 Å². The summed E-state index contributed by atoms with van der Waals surface area (Å²) < 4.78 is 47.2. The van der Waals surface area contributed by atoms with E-state index in [0.717, 1.165) is 6.07 Å². The summed E-state index contributed by atoms with van der Waals surface area (Å²) in [4.78, 5) is 36.6. The number of halogens is 4. The van der Waals surface area contributed by atoms with E-state index in [1.54, 1.807) is 5.32 Å². The van der Waals surface area contributed by atoms with Gasteiger partial charge in [0.2, 0.25) is 0 Å². The van der Waals surface area contributed by atoms with Crippen LogP contribution in [0.5, 0.6) is 0 Å². The van der Waals surface area contributed by atoms with Crippen molar-refractivity contribution in [2.24, 2.45) is 0 Å². The summed E-state index contributed by atoms with van der Waals surface area (Å²) in [6.07, 6.45) is -5.32. The highest BCUT2D eigenvalue weighted by Crippen LogP contribution is 2.34. The minimum atomic E-state index is -5.32. The molecule has 0 saturated heterocycles. The summed E-state index contributed by atoms with van der Waals surface area (Å²) in [7, 11) is 0. The van der Waals surface area contributed by atoms with Gasteiger partial charge in [0.05, 0.1) is 17.2 Å². The van der Waals surface area contributed by atoms with Crippen LogP contribution >= 0.6 is 11.6 Å². The molecule has 1 amide bonds. The Balaban J connectivity index is 2.57. The number of carbonyl (C=O) groups is 3. The number of Topliss-reactive ketones (excluding diaryl/α,β-unsaturated/α-hetero) is 1. The molecule has 0 unspecified atom stereocenters. The predicted octanol–water partition coefficient (Wildman–Crippen LogP) is 4.21. The molecule has 0 radical (unpaired) electrons. The zero-order valence-corrected chi connectivity index (χ0v) is 16.7. The first-order chi connectivity index (χ1) is 14.0. The summed E-state index contributed by atoms with van der Waals surface area (Å²) in [5.74, 6) is -3.42. The molecule has 0 aliphatic carbocycles. The molecule has 0 aromatic heterocycles. The molecule has 0 aliphatic rings. The number of ketones is 1. The number of esters is 1. The van der Waals surface area contributed by atoms with E-state index in [2.05, 4.69) is 4.74 Å². The van der Waals surface area contributed by atoms with Crippen molar-refractivity contribution in [3.8, 4) is 0 Å². The number of hydrogen-bond donors (Lipinski definition) is 2. The van der Waals surface area contributed by atoms with Crippen LogP contribution in [0.1, 0.15) is 34.6 Å². The Morgan fingerprint density at radius 1 is 1.07 bits per heavy atom. The molecule has 0 spiro atoms. The Kier molecular flexibility index (Phi) is 7.09. The molecule has 160 valence electrons. The Hall–Kier alpha value is -3.07. The maximum absolute atomic E-state index is 14.2. The number of anilines is 1. The quantitative estimate of drug-likeness (QED) is 0.381. The molecular formula is C20H18ClF3N2O4. The van der Waals surface area contributed by atoms with E-state index in [1.165, 1.54) is 56.3 Å². The maximum atomic E-state index is 14.2. The minimum absolute atomic E-state index is 0.103. The fourth-order valence-electron chi connectivity index (χ4n) is 2.55. The van der Waals surface area contributed by atoms with Gasteiger partial charge in [-0.2, -0.15) is 13.2 Å². The molecule has 2 aromatic rings. The first-order valence-corrected chi connectivity index (χ1v) is 9.09. The third-order valence-corrected chi connectivity index (χ3v) is 4.36. The second-order valence-corrected chi connectivity index (χ2v) is 6.57. The molecular weight excluding hydrogens is 425 g/mol. The van der Waals surface area contributed by atoms with Gasteiger partial charge >= 0.3 is 17.8 Å². The Bertz CT molecular complexity index is 965. The molecule has 0 bridgehead atoms. The summed E-state index contributed by atoms with van der Waals surface area (Å²) in [6.45, 7) is 2.19. The van der Waals surface area contributed by atoms with Crippen molar-refractivity contribution in [3.63, 3.8) is 0 Å². The van der Waals surface area contributed by atoms with Gasteiger partial charge in [0.1, 0.15) is 0 Å². The van der Waals surface area contributed by atoms with E-state index in [0.29, 0.717) is 0 Å². The van der Waals surface area contributed by atoms with Gasteiger partial charge in [0.15, 0.2) is 5.78 Å². The van der Waals surface area contributed by atoms with E-state index in [1.807, 2.05) is 5.32 Å². The second-order valence-electron chi connectivity index (χ2n) is 6.16. The fraction of sp³-hybridized carbons (Fsp3) is 0.250. The largest absolute Gasteiger partial charge is 0.463 e. The normalized spacial score (nSPS) is 13.1. The lowest BCUT2D eigenvalue weighted by Gasteiger charge is -2.35. The zero-order valence-electron chi connectivity index (χ0n) is 16.0. The van der Waals surface area contributed by atoms with Crippen LogP contribution in [-0.4, -0.2) is 36.1 Å². The molecule has 0 aliphatic heterocycles. The molecule has 10 heteroatoms. The lowest BCUT2D eigenvalue weighted by atomic mass is 10.1. The SMILES string of the molecule is CCOC(=O)[C@](NC(=O)c1ccccc1Cl)(Nc1cccc(C(C)=O)c1)C(F)(F)F. The number of alkyl halides is 3. The number of ether oxygens (including phenoxy) is 1. The van der Waals surface area contributed by atoms with Crippen molar-refractivity contribution >= 4 is 34.9 Å². The average molecular weight is 443 g/mol. The lowest BCUT2D eigenvalue weighted by Crippen LogP contribution is -2.69. The number of hydrogen-bond acceptors (Lipinski definition) is 5. The first-order valence-electron chi connectivity index (χ1n) is 8.72. The maximum Gasteiger partial charge on any atom is 0.441 e. The van der Waals surface area contributed by atoms with Crippen molar-refractivity contribution in [2.75, 3.05) is 11.9 Å². The van der Waals surface area contributed by atoms with Crippen LogP contribution in [0.3, 0.4) is 0 Å². The summed E-state index contributed by atoms with van der Waals surface area (Å²) in [5.41, 5.74) is -4.02. The van der Waals surface area contributed by atoms with Crippen molar-refractivity contribution in [1.29, 1.82) is 0 Å². The molecule has 0 fully saturated rings. The van der Waals surface area contributed by atoms with E-state index in [4.69, 9.17) is 11.6 Å². The third kappa shape index (κ3) is 4.91. The van der Waals surface area contributed by atoms with Gasteiger partial charge in [-0.05, 0) is 38.1 Å². The predicted molar refractivity (Wildman–Crippen MR) is 104 cm³/mol. The number of benzene rings is 2. The monoisotopic (exact) mass is 442 g/mol. The summed E-state index contributed by atoms with van der Waals surface area (Å²) in [6, 6.07) is 10.5. The van der Waals surface area contributed by atoms with Crippen molar-refractivity contribution in [2.45, 2.75) is 25.7 Å². The van der Waals surface area contributed by atoms with Crippen LogP contribution in [0, 0.1) is 0 Å². The standard InChI is InChI=1S/C20H18ClF3N2O4/c1-3-30-18(29)19(20(22,23)24,25-14-8-6-7-13(11-14)12(2)27)26-17(28)15-9-4-5-10-16(15)21/h4-11,25H,3H2,1-2H3,(H,26,28)/t19-/m1/s1. The van der Waals surface area contributed by atoms with E-state index in [-0.39, 0.29) is 28.4 Å². The van der Waals surface area contributed by atoms with E-state index < -0.39 is 29.5 Å².